The number of ether oxygens (including phenoxy) is 2. The van der Waals surface area contributed by atoms with E-state index in [1.54, 1.807) is 37.6 Å². The molecule has 25 heavy (non-hydrogen) atoms. The van der Waals surface area contributed by atoms with E-state index in [-0.39, 0.29) is 12.5 Å². The Morgan fingerprint density at radius 1 is 1.16 bits per heavy atom. The molecule has 0 atom stereocenters. The van der Waals surface area contributed by atoms with Crippen LogP contribution in [-0.4, -0.2) is 18.0 Å². The third-order valence-corrected chi connectivity index (χ3v) is 3.63. The molecule has 6 heteroatoms. The molecule has 6 nitrogen and oxygen atoms in total. The van der Waals surface area contributed by atoms with E-state index in [0.717, 1.165) is 11.1 Å². The van der Waals surface area contributed by atoms with Crippen LogP contribution >= 0.6 is 0 Å². The fraction of sp³-hybridized carbons (Fsp3) is 0.158. The Hall–Kier alpha value is -3.28. The van der Waals surface area contributed by atoms with Crippen LogP contribution in [0.5, 0.6) is 17.4 Å². The number of aryl methyl sites for hydroxylation is 1. The van der Waals surface area contributed by atoms with Gasteiger partial charge in [0.2, 0.25) is 5.88 Å². The molecule has 0 fully saturated rings. The fourth-order valence-corrected chi connectivity index (χ4v) is 2.32. The number of rotatable bonds is 6. The summed E-state index contributed by atoms with van der Waals surface area (Å²) in [4.78, 5) is 16.4. The number of hydrogen-bond acceptors (Lipinski definition) is 5. The predicted molar refractivity (Wildman–Crippen MR) is 91.9 cm³/mol. The molecule has 0 aliphatic heterocycles. The van der Waals surface area contributed by atoms with Gasteiger partial charge in [-0.1, -0.05) is 18.2 Å². The Morgan fingerprint density at radius 2 is 1.96 bits per heavy atom. The summed E-state index contributed by atoms with van der Waals surface area (Å²) in [6.45, 7) is 2.08. The number of hydrogen-bond donors (Lipinski definition) is 1. The van der Waals surface area contributed by atoms with Crippen molar-refractivity contribution in [1.29, 1.82) is 0 Å². The van der Waals surface area contributed by atoms with Gasteiger partial charge < -0.3 is 19.2 Å². The second-order valence-electron chi connectivity index (χ2n) is 5.34. The highest BCUT2D eigenvalue weighted by atomic mass is 16.5. The van der Waals surface area contributed by atoms with Crippen molar-refractivity contribution in [3.8, 4) is 17.4 Å². The van der Waals surface area contributed by atoms with Crippen molar-refractivity contribution in [3.63, 3.8) is 0 Å². The van der Waals surface area contributed by atoms with Crippen molar-refractivity contribution in [2.75, 3.05) is 7.11 Å². The van der Waals surface area contributed by atoms with E-state index in [1.807, 2.05) is 25.1 Å². The van der Waals surface area contributed by atoms with Crippen LogP contribution in [0.15, 0.2) is 59.3 Å². The van der Waals surface area contributed by atoms with Crippen LogP contribution in [-0.2, 0) is 6.54 Å². The van der Waals surface area contributed by atoms with E-state index in [1.165, 1.54) is 6.26 Å². The maximum Gasteiger partial charge on any atom is 0.287 e. The number of methoxy groups -OCH3 is 1. The van der Waals surface area contributed by atoms with Gasteiger partial charge in [0.05, 0.1) is 13.4 Å². The van der Waals surface area contributed by atoms with Gasteiger partial charge in [-0.05, 0) is 31.2 Å². The number of benzene rings is 1. The molecular weight excluding hydrogens is 320 g/mol. The average molecular weight is 338 g/mol. The van der Waals surface area contributed by atoms with E-state index in [9.17, 15) is 4.79 Å². The smallest absolute Gasteiger partial charge is 0.287 e. The number of carbonyl (C=O) groups is 1. The first kappa shape index (κ1) is 16.6. The van der Waals surface area contributed by atoms with Crippen LogP contribution in [0.1, 0.15) is 21.7 Å². The third kappa shape index (κ3) is 3.80. The number of nitrogens with one attached hydrogen (secondary N) is 1. The number of aromatic nitrogens is 1. The number of furan rings is 1. The average Bonchev–Trinajstić information content (AvgIpc) is 3.07. The van der Waals surface area contributed by atoms with Gasteiger partial charge in [-0.3, -0.25) is 4.79 Å². The van der Waals surface area contributed by atoms with E-state index >= 15 is 0 Å². The fourth-order valence-electron chi connectivity index (χ4n) is 2.32. The molecule has 1 N–H and O–H groups in total. The summed E-state index contributed by atoms with van der Waals surface area (Å²) < 4.78 is 16.3. The number of pyridine rings is 1. The van der Waals surface area contributed by atoms with Crippen LogP contribution in [0.3, 0.4) is 0 Å². The van der Waals surface area contributed by atoms with Crippen LogP contribution in [0.25, 0.3) is 0 Å². The van der Waals surface area contributed by atoms with Crippen LogP contribution in [0, 0.1) is 6.92 Å². The van der Waals surface area contributed by atoms with Gasteiger partial charge in [0.1, 0.15) is 0 Å². The minimum Gasteiger partial charge on any atom is -0.493 e. The van der Waals surface area contributed by atoms with E-state index < -0.39 is 0 Å². The minimum absolute atomic E-state index is 0.261. The van der Waals surface area contributed by atoms with Gasteiger partial charge >= 0.3 is 0 Å². The number of amides is 1. The molecule has 2 heterocycles. The molecule has 128 valence electrons. The van der Waals surface area contributed by atoms with Gasteiger partial charge in [-0.15, -0.1) is 0 Å². The molecule has 3 rings (SSSR count). The number of para-hydroxylation sites is 2. The lowest BCUT2D eigenvalue weighted by Gasteiger charge is -2.12. The minimum atomic E-state index is -0.283. The Kier molecular flexibility index (Phi) is 4.99. The van der Waals surface area contributed by atoms with Gasteiger partial charge in [0, 0.05) is 23.9 Å². The topological polar surface area (TPSA) is 73.6 Å². The molecule has 0 spiro atoms. The van der Waals surface area contributed by atoms with Gasteiger partial charge in [-0.2, -0.15) is 0 Å². The number of carbonyl (C=O) groups excluding carboxylic acids is 1. The monoisotopic (exact) mass is 338 g/mol. The predicted octanol–water partition coefficient (Wildman–Crippen LogP) is 3.71. The van der Waals surface area contributed by atoms with E-state index in [0.29, 0.717) is 23.1 Å². The molecule has 0 radical (unpaired) electrons. The zero-order chi connectivity index (χ0) is 17.6. The van der Waals surface area contributed by atoms with Crippen LogP contribution in [0.4, 0.5) is 0 Å². The lowest BCUT2D eigenvalue weighted by Crippen LogP contribution is -2.23. The molecule has 0 saturated heterocycles. The molecule has 0 saturated carbocycles. The first-order chi connectivity index (χ1) is 12.2. The Labute approximate surface area is 145 Å². The third-order valence-electron chi connectivity index (χ3n) is 3.63. The molecule has 0 unspecified atom stereocenters. The lowest BCUT2D eigenvalue weighted by molar-refractivity contribution is 0.0922. The first-order valence-electron chi connectivity index (χ1n) is 7.76. The highest BCUT2D eigenvalue weighted by Crippen LogP contribution is 2.31. The standard InChI is InChI=1S/C19H18N2O4/c1-13-9-11-24-17(13)18(22)21-12-14-6-5-10-20-19(14)25-16-8-4-3-7-15(16)23-2/h3-11H,12H2,1-2H3,(H,21,22). The largest absolute Gasteiger partial charge is 0.493 e. The highest BCUT2D eigenvalue weighted by Gasteiger charge is 2.14. The van der Waals surface area contributed by atoms with Crippen molar-refractivity contribution >= 4 is 5.91 Å². The summed E-state index contributed by atoms with van der Waals surface area (Å²) in [6.07, 6.45) is 3.12. The summed E-state index contributed by atoms with van der Waals surface area (Å²) >= 11 is 0. The Morgan fingerprint density at radius 3 is 2.68 bits per heavy atom. The quantitative estimate of drug-likeness (QED) is 0.741. The summed E-state index contributed by atoms with van der Waals surface area (Å²) in [5, 5.41) is 2.81. The SMILES string of the molecule is COc1ccccc1Oc1ncccc1CNC(=O)c1occc1C. The second-order valence-corrected chi connectivity index (χ2v) is 5.34. The highest BCUT2D eigenvalue weighted by molar-refractivity contribution is 5.92. The van der Waals surface area contributed by atoms with Crippen molar-refractivity contribution in [3.05, 3.63) is 71.8 Å². The molecule has 1 amide bonds. The molecule has 2 aromatic heterocycles. The molecule has 1 aromatic carbocycles. The van der Waals surface area contributed by atoms with Crippen molar-refractivity contribution in [2.24, 2.45) is 0 Å². The Balaban J connectivity index is 1.75. The zero-order valence-corrected chi connectivity index (χ0v) is 14.0. The van der Waals surface area contributed by atoms with E-state index in [2.05, 4.69) is 10.3 Å². The van der Waals surface area contributed by atoms with E-state index in [4.69, 9.17) is 13.9 Å². The zero-order valence-electron chi connectivity index (χ0n) is 14.0. The molecule has 0 aliphatic rings. The molecule has 3 aromatic rings. The summed E-state index contributed by atoms with van der Waals surface area (Å²) in [7, 11) is 1.58. The summed E-state index contributed by atoms with van der Waals surface area (Å²) in [5.41, 5.74) is 1.53. The normalized spacial score (nSPS) is 10.3. The van der Waals surface area contributed by atoms with Gasteiger partial charge in [0.25, 0.3) is 5.91 Å². The van der Waals surface area contributed by atoms with Gasteiger partial charge in [0.15, 0.2) is 17.3 Å². The molecule has 0 bridgehead atoms. The maximum absolute atomic E-state index is 12.2. The number of nitrogens with zero attached hydrogens (tertiary/aromatic N) is 1. The van der Waals surface area contributed by atoms with Crippen molar-refractivity contribution in [1.82, 2.24) is 10.3 Å². The second kappa shape index (κ2) is 7.53. The Bertz CT molecular complexity index is 873. The first-order valence-corrected chi connectivity index (χ1v) is 7.76. The van der Waals surface area contributed by atoms with Crippen LogP contribution in [0.2, 0.25) is 0 Å². The van der Waals surface area contributed by atoms with Crippen LogP contribution < -0.4 is 14.8 Å². The van der Waals surface area contributed by atoms with Crippen molar-refractivity contribution in [2.45, 2.75) is 13.5 Å². The molecular formula is C19H18N2O4. The maximum atomic E-state index is 12.2. The summed E-state index contributed by atoms with van der Waals surface area (Å²) in [5.74, 6) is 1.58. The summed E-state index contributed by atoms with van der Waals surface area (Å²) in [6, 6.07) is 12.7. The van der Waals surface area contributed by atoms with Gasteiger partial charge in [-0.25, -0.2) is 4.98 Å². The molecule has 0 aliphatic carbocycles. The lowest BCUT2D eigenvalue weighted by atomic mass is 10.2. The van der Waals surface area contributed by atoms with Crippen molar-refractivity contribution < 1.29 is 18.7 Å².